The summed E-state index contributed by atoms with van der Waals surface area (Å²) in [5.41, 5.74) is 1.03. The second-order valence-corrected chi connectivity index (χ2v) is 7.06. The zero-order chi connectivity index (χ0) is 17.5. The second-order valence-electron chi connectivity index (χ2n) is 6.65. The highest BCUT2D eigenvalue weighted by molar-refractivity contribution is 6.32. The molecule has 0 unspecified atom stereocenters. The molecule has 1 heterocycles. The largest absolute Gasteiger partial charge is 0.465 e. The molecule has 0 amide bonds. The van der Waals surface area contributed by atoms with Crippen molar-refractivity contribution in [3.63, 3.8) is 0 Å². The molecule has 0 radical (unpaired) electrons. The van der Waals surface area contributed by atoms with E-state index in [0.29, 0.717) is 27.6 Å². The minimum absolute atomic E-state index is 0.130. The molecule has 0 saturated heterocycles. The van der Waals surface area contributed by atoms with Crippen LogP contribution in [0.15, 0.2) is 6.07 Å². The van der Waals surface area contributed by atoms with Gasteiger partial charge in [0.05, 0.1) is 17.7 Å². The third-order valence-electron chi connectivity index (χ3n) is 5.16. The molecule has 5 nitrogen and oxygen atoms in total. The van der Waals surface area contributed by atoms with E-state index in [4.69, 9.17) is 25.8 Å². The van der Waals surface area contributed by atoms with E-state index in [9.17, 15) is 9.59 Å². The number of ether oxygens (including phenoxy) is 3. The van der Waals surface area contributed by atoms with Crippen molar-refractivity contribution in [1.29, 1.82) is 0 Å². The summed E-state index contributed by atoms with van der Waals surface area (Å²) in [6.07, 6.45) is 4.43. The Labute approximate surface area is 146 Å². The molecule has 1 aromatic carbocycles. The van der Waals surface area contributed by atoms with Crippen LogP contribution in [0.2, 0.25) is 5.02 Å². The highest BCUT2D eigenvalue weighted by Gasteiger charge is 2.47. The van der Waals surface area contributed by atoms with Crippen LogP contribution in [0.4, 0.5) is 0 Å². The van der Waals surface area contributed by atoms with Crippen LogP contribution in [-0.4, -0.2) is 25.2 Å². The van der Waals surface area contributed by atoms with Crippen LogP contribution in [0.3, 0.4) is 0 Å². The number of esters is 1. The Morgan fingerprint density at radius 2 is 1.92 bits per heavy atom. The lowest BCUT2D eigenvalue weighted by atomic mass is 9.79. The Kier molecular flexibility index (Phi) is 4.47. The maximum Gasteiger partial charge on any atom is 0.338 e. The van der Waals surface area contributed by atoms with E-state index in [1.807, 2.05) is 6.92 Å². The molecule has 1 aliphatic carbocycles. The van der Waals surface area contributed by atoms with Crippen LogP contribution in [-0.2, 0) is 9.53 Å². The fourth-order valence-corrected chi connectivity index (χ4v) is 3.85. The van der Waals surface area contributed by atoms with Crippen molar-refractivity contribution < 1.29 is 23.8 Å². The molecule has 0 bridgehead atoms. The Hall–Kier alpha value is -1.75. The lowest BCUT2D eigenvalue weighted by Gasteiger charge is -2.36. The molecule has 0 aromatic heterocycles. The number of carbonyl (C=O) groups is 2. The summed E-state index contributed by atoms with van der Waals surface area (Å²) in [5.74, 6) is -0.0204. The molecular weight excluding hydrogens is 332 g/mol. The van der Waals surface area contributed by atoms with E-state index in [0.717, 1.165) is 32.0 Å². The van der Waals surface area contributed by atoms with Crippen LogP contribution in [0, 0.1) is 18.8 Å². The Bertz CT molecular complexity index is 678. The van der Waals surface area contributed by atoms with Gasteiger partial charge in [-0.1, -0.05) is 11.6 Å². The van der Waals surface area contributed by atoms with Crippen molar-refractivity contribution in [3.05, 3.63) is 22.2 Å². The van der Waals surface area contributed by atoms with Crippen LogP contribution >= 0.6 is 11.6 Å². The van der Waals surface area contributed by atoms with Gasteiger partial charge in [0.1, 0.15) is 6.29 Å². The van der Waals surface area contributed by atoms with E-state index in [1.165, 1.54) is 7.11 Å². The number of fused-ring (bicyclic) bond motifs is 1. The average Bonchev–Trinajstić information content (AvgIpc) is 2.97. The van der Waals surface area contributed by atoms with Gasteiger partial charge < -0.3 is 19.0 Å². The predicted molar refractivity (Wildman–Crippen MR) is 88.7 cm³/mol. The number of benzene rings is 1. The first-order chi connectivity index (χ1) is 11.4. The summed E-state index contributed by atoms with van der Waals surface area (Å²) >= 11 is 6.30. The topological polar surface area (TPSA) is 61.8 Å². The first-order valence-corrected chi connectivity index (χ1v) is 8.52. The normalized spacial score (nSPS) is 28.5. The van der Waals surface area contributed by atoms with E-state index in [1.54, 1.807) is 13.0 Å². The average molecular weight is 353 g/mol. The van der Waals surface area contributed by atoms with E-state index in [2.05, 4.69) is 0 Å². The highest BCUT2D eigenvalue weighted by Crippen LogP contribution is 2.51. The molecule has 1 fully saturated rings. The van der Waals surface area contributed by atoms with E-state index >= 15 is 0 Å². The minimum atomic E-state index is -0.834. The molecule has 1 aromatic rings. The van der Waals surface area contributed by atoms with Crippen molar-refractivity contribution >= 4 is 23.9 Å². The van der Waals surface area contributed by atoms with Crippen molar-refractivity contribution in [2.24, 2.45) is 11.8 Å². The van der Waals surface area contributed by atoms with Crippen LogP contribution in [0.1, 0.15) is 48.5 Å². The molecule has 24 heavy (non-hydrogen) atoms. The van der Waals surface area contributed by atoms with Gasteiger partial charge in [0, 0.05) is 24.3 Å². The van der Waals surface area contributed by atoms with Gasteiger partial charge in [-0.05, 0) is 38.7 Å². The van der Waals surface area contributed by atoms with Crippen molar-refractivity contribution in [2.75, 3.05) is 7.11 Å². The van der Waals surface area contributed by atoms with Gasteiger partial charge >= 0.3 is 5.97 Å². The summed E-state index contributed by atoms with van der Waals surface area (Å²) in [6, 6.07) is 1.56. The molecule has 0 spiro atoms. The third-order valence-corrected chi connectivity index (χ3v) is 5.44. The number of carbonyl (C=O) groups excluding carboxylic acids is 2. The Morgan fingerprint density at radius 1 is 1.29 bits per heavy atom. The van der Waals surface area contributed by atoms with E-state index < -0.39 is 11.8 Å². The fraction of sp³-hybridized carbons (Fsp3) is 0.556. The summed E-state index contributed by atoms with van der Waals surface area (Å²) in [6.45, 7) is 3.69. The third kappa shape index (κ3) is 2.75. The van der Waals surface area contributed by atoms with Gasteiger partial charge in [-0.25, -0.2) is 4.79 Å². The van der Waals surface area contributed by atoms with Crippen molar-refractivity contribution in [1.82, 2.24) is 0 Å². The fourth-order valence-electron chi connectivity index (χ4n) is 3.61. The Morgan fingerprint density at radius 3 is 2.50 bits per heavy atom. The van der Waals surface area contributed by atoms with Crippen LogP contribution in [0.5, 0.6) is 11.5 Å². The maximum absolute atomic E-state index is 11.9. The molecule has 2 aliphatic rings. The molecule has 130 valence electrons. The van der Waals surface area contributed by atoms with Gasteiger partial charge in [-0.2, -0.15) is 0 Å². The SMILES string of the molecule is COC(=O)c1cc(Cl)c2c(c1C)O[C@](C)(C1CCC(C=O)CC1)O2. The molecule has 0 N–H and O–H groups in total. The minimum Gasteiger partial charge on any atom is -0.465 e. The van der Waals surface area contributed by atoms with Gasteiger partial charge in [0.2, 0.25) is 0 Å². The van der Waals surface area contributed by atoms with Crippen LogP contribution < -0.4 is 9.47 Å². The highest BCUT2D eigenvalue weighted by atomic mass is 35.5. The van der Waals surface area contributed by atoms with Crippen molar-refractivity contribution in [3.8, 4) is 11.5 Å². The molecule has 3 rings (SSSR count). The molecule has 6 heteroatoms. The van der Waals surface area contributed by atoms with E-state index in [-0.39, 0.29) is 11.8 Å². The quantitative estimate of drug-likeness (QED) is 0.609. The van der Waals surface area contributed by atoms with Crippen molar-refractivity contribution in [2.45, 2.75) is 45.3 Å². The monoisotopic (exact) mass is 352 g/mol. The summed E-state index contributed by atoms with van der Waals surface area (Å²) in [7, 11) is 1.33. The maximum atomic E-state index is 11.9. The zero-order valence-electron chi connectivity index (χ0n) is 14.1. The number of rotatable bonds is 3. The zero-order valence-corrected chi connectivity index (χ0v) is 14.8. The number of hydrogen-bond donors (Lipinski definition) is 0. The van der Waals surface area contributed by atoms with Gasteiger partial charge in [-0.15, -0.1) is 0 Å². The standard InChI is InChI=1S/C18H21ClO5/c1-10-13(17(21)22-3)8-14(19)16-15(10)23-18(2,24-16)12-6-4-11(9-20)5-7-12/h8-9,11-12H,4-7H2,1-3H3/t11?,12?,18-/m0/s1. The first kappa shape index (κ1) is 17.1. The summed E-state index contributed by atoms with van der Waals surface area (Å²) in [5, 5.41) is 0.335. The van der Waals surface area contributed by atoms with Crippen LogP contribution in [0.25, 0.3) is 0 Å². The number of halogens is 1. The smallest absolute Gasteiger partial charge is 0.338 e. The summed E-state index contributed by atoms with van der Waals surface area (Å²) in [4.78, 5) is 22.8. The lowest BCUT2D eigenvalue weighted by Crippen LogP contribution is -2.44. The van der Waals surface area contributed by atoms with Gasteiger partial charge in [0.25, 0.3) is 5.79 Å². The Balaban J connectivity index is 1.89. The number of aldehydes is 1. The number of methoxy groups -OCH3 is 1. The lowest BCUT2D eigenvalue weighted by molar-refractivity contribution is -0.128. The molecular formula is C18H21ClO5. The number of hydrogen-bond acceptors (Lipinski definition) is 5. The second kappa shape index (κ2) is 6.28. The molecule has 1 saturated carbocycles. The molecule has 1 atom stereocenters. The van der Waals surface area contributed by atoms with Gasteiger partial charge in [-0.3, -0.25) is 0 Å². The summed E-state index contributed by atoms with van der Waals surface area (Å²) < 4.78 is 17.0. The van der Waals surface area contributed by atoms with Gasteiger partial charge in [0.15, 0.2) is 11.5 Å². The molecule has 1 aliphatic heterocycles. The first-order valence-electron chi connectivity index (χ1n) is 8.14. The predicted octanol–water partition coefficient (Wildman–Crippen LogP) is 3.93.